The zero-order chi connectivity index (χ0) is 13.5. The van der Waals surface area contributed by atoms with Gasteiger partial charge in [0.15, 0.2) is 0 Å². The van der Waals surface area contributed by atoms with E-state index in [-0.39, 0.29) is 5.97 Å². The van der Waals surface area contributed by atoms with Crippen molar-refractivity contribution in [2.24, 2.45) is 0 Å². The maximum atomic E-state index is 11.7. The van der Waals surface area contributed by atoms with Crippen molar-refractivity contribution >= 4 is 5.97 Å². The minimum Gasteiger partial charge on any atom is -0.468 e. The van der Waals surface area contributed by atoms with Crippen LogP contribution >= 0.6 is 0 Å². The Morgan fingerprint density at radius 2 is 1.89 bits per heavy atom. The zero-order valence-electron chi connectivity index (χ0n) is 12.1. The van der Waals surface area contributed by atoms with Gasteiger partial charge in [0.05, 0.1) is 13.7 Å². The molecule has 0 aromatic rings. The Labute approximate surface area is 117 Å². The second-order valence-electron chi connectivity index (χ2n) is 5.82. The van der Waals surface area contributed by atoms with Gasteiger partial charge in [-0.3, -0.25) is 9.69 Å². The standard InChI is InChI=1S/C16H27NO2/c1-19-16(18)13-17(15-11-7-8-12-15)14-9-5-3-2-4-6-10-14/h5,9,14-15H,2-4,6-8,10-13H2,1H3/b9-5+. The van der Waals surface area contributed by atoms with Crippen molar-refractivity contribution in [2.75, 3.05) is 13.7 Å². The number of nitrogens with zero attached hydrogens (tertiary/aromatic N) is 1. The lowest BCUT2D eigenvalue weighted by Crippen LogP contribution is -2.44. The SMILES string of the molecule is COC(=O)CN(C1/C=C/CCCCC1)C1CCCC1. The quantitative estimate of drug-likeness (QED) is 0.577. The molecule has 1 fully saturated rings. The highest BCUT2D eigenvalue weighted by molar-refractivity contribution is 5.71. The van der Waals surface area contributed by atoms with E-state index in [1.807, 2.05) is 0 Å². The van der Waals surface area contributed by atoms with Crippen molar-refractivity contribution in [2.45, 2.75) is 69.9 Å². The Kier molecular flexibility index (Phi) is 5.90. The molecule has 3 nitrogen and oxygen atoms in total. The second kappa shape index (κ2) is 7.68. The lowest BCUT2D eigenvalue weighted by molar-refractivity contribution is -0.143. The molecule has 0 spiro atoms. The van der Waals surface area contributed by atoms with Gasteiger partial charge >= 0.3 is 5.97 Å². The molecule has 3 heteroatoms. The average Bonchev–Trinajstić information content (AvgIpc) is 2.89. The highest BCUT2D eigenvalue weighted by Gasteiger charge is 2.29. The number of carbonyl (C=O) groups is 1. The third-order valence-corrected chi connectivity index (χ3v) is 4.49. The summed E-state index contributed by atoms with van der Waals surface area (Å²) in [5.74, 6) is -0.0950. The summed E-state index contributed by atoms with van der Waals surface area (Å²) in [7, 11) is 1.49. The van der Waals surface area contributed by atoms with E-state index in [1.165, 1.54) is 64.9 Å². The summed E-state index contributed by atoms with van der Waals surface area (Å²) in [6, 6.07) is 1.01. The summed E-state index contributed by atoms with van der Waals surface area (Å²) < 4.78 is 4.88. The molecule has 108 valence electrons. The van der Waals surface area contributed by atoms with E-state index >= 15 is 0 Å². The van der Waals surface area contributed by atoms with Crippen LogP contribution in [0.5, 0.6) is 0 Å². The van der Waals surface area contributed by atoms with Crippen molar-refractivity contribution in [3.8, 4) is 0 Å². The van der Waals surface area contributed by atoms with Gasteiger partial charge < -0.3 is 4.74 Å². The van der Waals surface area contributed by atoms with E-state index in [0.717, 1.165) is 0 Å². The van der Waals surface area contributed by atoms with E-state index < -0.39 is 0 Å². The van der Waals surface area contributed by atoms with Crippen LogP contribution in [0.3, 0.4) is 0 Å². The molecule has 1 atom stereocenters. The second-order valence-corrected chi connectivity index (χ2v) is 5.82. The smallest absolute Gasteiger partial charge is 0.319 e. The zero-order valence-corrected chi connectivity index (χ0v) is 12.1. The minimum absolute atomic E-state index is 0.0950. The maximum Gasteiger partial charge on any atom is 0.319 e. The molecule has 0 aromatic heterocycles. The van der Waals surface area contributed by atoms with Gasteiger partial charge in [-0.15, -0.1) is 0 Å². The summed E-state index contributed by atoms with van der Waals surface area (Å²) in [6.45, 7) is 0.455. The van der Waals surface area contributed by atoms with E-state index in [2.05, 4.69) is 17.1 Å². The molecule has 0 aliphatic heterocycles. The Hall–Kier alpha value is -0.830. The molecule has 2 aliphatic rings. The number of hydrogen-bond donors (Lipinski definition) is 0. The van der Waals surface area contributed by atoms with Gasteiger partial charge in [0, 0.05) is 12.1 Å². The van der Waals surface area contributed by atoms with Crippen LogP contribution in [0.25, 0.3) is 0 Å². The summed E-state index contributed by atoms with van der Waals surface area (Å²) >= 11 is 0. The van der Waals surface area contributed by atoms with Crippen LogP contribution in [-0.2, 0) is 9.53 Å². The molecule has 0 aromatic carbocycles. The van der Waals surface area contributed by atoms with Crippen LogP contribution in [0, 0.1) is 0 Å². The minimum atomic E-state index is -0.0950. The van der Waals surface area contributed by atoms with E-state index in [4.69, 9.17) is 4.74 Å². The summed E-state index contributed by atoms with van der Waals surface area (Å²) in [5.41, 5.74) is 0. The highest BCUT2D eigenvalue weighted by atomic mass is 16.5. The van der Waals surface area contributed by atoms with Crippen molar-refractivity contribution in [1.82, 2.24) is 4.90 Å². The number of hydrogen-bond acceptors (Lipinski definition) is 3. The van der Waals surface area contributed by atoms with Gasteiger partial charge in [-0.25, -0.2) is 0 Å². The highest BCUT2D eigenvalue weighted by Crippen LogP contribution is 2.28. The van der Waals surface area contributed by atoms with Crippen molar-refractivity contribution < 1.29 is 9.53 Å². The van der Waals surface area contributed by atoms with Gasteiger partial charge in [0.25, 0.3) is 0 Å². The Bertz CT molecular complexity index is 308. The number of allylic oxidation sites excluding steroid dienone is 1. The molecular formula is C16H27NO2. The number of esters is 1. The average molecular weight is 265 g/mol. The molecule has 0 radical (unpaired) electrons. The Balaban J connectivity index is 2.04. The third-order valence-electron chi connectivity index (χ3n) is 4.49. The van der Waals surface area contributed by atoms with Crippen LogP contribution in [0.4, 0.5) is 0 Å². The first-order valence-electron chi connectivity index (χ1n) is 7.80. The molecule has 1 saturated carbocycles. The molecule has 2 rings (SSSR count). The van der Waals surface area contributed by atoms with E-state index in [1.54, 1.807) is 0 Å². The van der Waals surface area contributed by atoms with Crippen molar-refractivity contribution in [3.05, 3.63) is 12.2 Å². The molecular weight excluding hydrogens is 238 g/mol. The molecule has 0 amide bonds. The van der Waals surface area contributed by atoms with E-state index in [0.29, 0.717) is 18.6 Å². The molecule has 0 heterocycles. The predicted octanol–water partition coefficient (Wildman–Crippen LogP) is 3.29. The van der Waals surface area contributed by atoms with Crippen LogP contribution in [-0.4, -0.2) is 36.6 Å². The lowest BCUT2D eigenvalue weighted by atomic mass is 9.99. The third kappa shape index (κ3) is 4.34. The van der Waals surface area contributed by atoms with Gasteiger partial charge in [-0.1, -0.05) is 37.8 Å². The van der Waals surface area contributed by atoms with Crippen LogP contribution in [0.15, 0.2) is 12.2 Å². The van der Waals surface area contributed by atoms with Crippen LogP contribution < -0.4 is 0 Å². The molecule has 0 N–H and O–H groups in total. The lowest BCUT2D eigenvalue weighted by Gasteiger charge is -2.34. The molecule has 1 unspecified atom stereocenters. The molecule has 0 bridgehead atoms. The predicted molar refractivity (Wildman–Crippen MR) is 77.0 cm³/mol. The number of carbonyl (C=O) groups excluding carboxylic acids is 1. The first-order valence-corrected chi connectivity index (χ1v) is 7.80. The van der Waals surface area contributed by atoms with Gasteiger partial charge in [0.1, 0.15) is 0 Å². The van der Waals surface area contributed by atoms with Crippen molar-refractivity contribution in [3.63, 3.8) is 0 Å². The number of methoxy groups -OCH3 is 1. The molecule has 19 heavy (non-hydrogen) atoms. The summed E-state index contributed by atoms with van der Waals surface area (Å²) in [6.07, 6.45) is 16.0. The molecule has 0 saturated heterocycles. The fourth-order valence-electron chi connectivity index (χ4n) is 3.39. The maximum absolute atomic E-state index is 11.7. The van der Waals surface area contributed by atoms with Crippen molar-refractivity contribution in [1.29, 1.82) is 0 Å². The first-order chi connectivity index (χ1) is 9.31. The monoisotopic (exact) mass is 265 g/mol. The topological polar surface area (TPSA) is 29.5 Å². The first kappa shape index (κ1) is 14.6. The number of ether oxygens (including phenoxy) is 1. The van der Waals surface area contributed by atoms with Gasteiger partial charge in [0.2, 0.25) is 0 Å². The molecule has 2 aliphatic carbocycles. The van der Waals surface area contributed by atoms with Crippen LogP contribution in [0.1, 0.15) is 57.8 Å². The summed E-state index contributed by atoms with van der Waals surface area (Å²) in [5, 5.41) is 0. The van der Waals surface area contributed by atoms with Crippen LogP contribution in [0.2, 0.25) is 0 Å². The van der Waals surface area contributed by atoms with E-state index in [9.17, 15) is 4.79 Å². The Morgan fingerprint density at radius 1 is 1.16 bits per heavy atom. The fraction of sp³-hybridized carbons (Fsp3) is 0.812. The normalized spacial score (nSPS) is 26.9. The Morgan fingerprint density at radius 3 is 2.63 bits per heavy atom. The fourth-order valence-corrected chi connectivity index (χ4v) is 3.39. The van der Waals surface area contributed by atoms with Gasteiger partial charge in [-0.05, 0) is 32.1 Å². The summed E-state index contributed by atoms with van der Waals surface area (Å²) in [4.78, 5) is 14.1. The van der Waals surface area contributed by atoms with Gasteiger partial charge in [-0.2, -0.15) is 0 Å². The largest absolute Gasteiger partial charge is 0.468 e. The number of rotatable bonds is 4.